The van der Waals surface area contributed by atoms with Gasteiger partial charge in [0.1, 0.15) is 11.2 Å². The smallest absolute Gasteiger partial charge is 0.143 e. The lowest BCUT2D eigenvalue weighted by molar-refractivity contribution is 0.672. The first-order valence-electron chi connectivity index (χ1n) is 16.7. The van der Waals surface area contributed by atoms with Crippen molar-refractivity contribution in [3.63, 3.8) is 0 Å². The number of fused-ring (bicyclic) bond motifs is 8. The van der Waals surface area contributed by atoms with Crippen LogP contribution in [0.5, 0.6) is 0 Å². The standard InChI is InChI=1S/C46H30N2O/c1-3-13-31(14-4-1)32-25-28-35(29-26-32)48(42-23-12-24-43-45(42)38-30-27-33-15-7-8-18-36(33)46(38)49-43)41-22-11-21-40-44(41)37-19-9-10-20-39(37)47(40)34-16-5-2-6-17-34/h1-30H. The summed E-state index contributed by atoms with van der Waals surface area (Å²) in [6.45, 7) is 0. The second-order valence-corrected chi connectivity index (χ2v) is 12.5. The summed E-state index contributed by atoms with van der Waals surface area (Å²) in [5.41, 5.74) is 10.9. The van der Waals surface area contributed by atoms with Crippen molar-refractivity contribution in [2.45, 2.75) is 0 Å². The highest BCUT2D eigenvalue weighted by Crippen LogP contribution is 2.48. The molecule has 0 saturated heterocycles. The van der Waals surface area contributed by atoms with E-state index in [0.717, 1.165) is 55.6 Å². The van der Waals surface area contributed by atoms with Gasteiger partial charge < -0.3 is 13.9 Å². The fourth-order valence-electron chi connectivity index (χ4n) is 7.60. The van der Waals surface area contributed by atoms with Crippen molar-refractivity contribution in [3.05, 3.63) is 182 Å². The molecule has 0 unspecified atom stereocenters. The van der Waals surface area contributed by atoms with E-state index in [4.69, 9.17) is 4.42 Å². The average molecular weight is 627 g/mol. The van der Waals surface area contributed by atoms with Crippen LogP contribution in [0.1, 0.15) is 0 Å². The van der Waals surface area contributed by atoms with Crippen LogP contribution in [0, 0.1) is 0 Å². The van der Waals surface area contributed by atoms with Crippen molar-refractivity contribution in [3.8, 4) is 16.8 Å². The Hall–Kier alpha value is -6.58. The van der Waals surface area contributed by atoms with Gasteiger partial charge in [0.15, 0.2) is 0 Å². The van der Waals surface area contributed by atoms with Crippen LogP contribution in [0.3, 0.4) is 0 Å². The van der Waals surface area contributed by atoms with Crippen LogP contribution in [0.2, 0.25) is 0 Å². The molecule has 0 saturated carbocycles. The van der Waals surface area contributed by atoms with Gasteiger partial charge in [-0.2, -0.15) is 0 Å². The van der Waals surface area contributed by atoms with Gasteiger partial charge in [0, 0.05) is 32.9 Å². The van der Waals surface area contributed by atoms with E-state index in [9.17, 15) is 0 Å². The van der Waals surface area contributed by atoms with Gasteiger partial charge in [-0.3, -0.25) is 0 Å². The number of furan rings is 1. The van der Waals surface area contributed by atoms with Crippen LogP contribution < -0.4 is 4.90 Å². The maximum Gasteiger partial charge on any atom is 0.143 e. The Labute approximate surface area is 283 Å². The van der Waals surface area contributed by atoms with Crippen molar-refractivity contribution in [2.75, 3.05) is 4.90 Å². The fourth-order valence-corrected chi connectivity index (χ4v) is 7.60. The normalized spacial score (nSPS) is 11.7. The largest absolute Gasteiger partial charge is 0.455 e. The summed E-state index contributed by atoms with van der Waals surface area (Å²) in [7, 11) is 0. The summed E-state index contributed by atoms with van der Waals surface area (Å²) < 4.78 is 9.07. The van der Waals surface area contributed by atoms with Gasteiger partial charge in [-0.15, -0.1) is 0 Å². The van der Waals surface area contributed by atoms with E-state index in [-0.39, 0.29) is 0 Å². The number of hydrogen-bond donors (Lipinski definition) is 0. The third-order valence-electron chi connectivity index (χ3n) is 9.77. The third-order valence-corrected chi connectivity index (χ3v) is 9.77. The first kappa shape index (κ1) is 27.5. The van der Waals surface area contributed by atoms with E-state index >= 15 is 0 Å². The highest BCUT2D eigenvalue weighted by Gasteiger charge is 2.24. The number of anilines is 3. The molecule has 0 aliphatic carbocycles. The Bertz CT molecular complexity index is 2810. The second kappa shape index (κ2) is 11.0. The van der Waals surface area contributed by atoms with Crippen LogP contribution in [-0.4, -0.2) is 4.57 Å². The van der Waals surface area contributed by atoms with Gasteiger partial charge in [0.25, 0.3) is 0 Å². The van der Waals surface area contributed by atoms with E-state index in [1.165, 1.54) is 32.8 Å². The number of aromatic nitrogens is 1. The molecule has 3 heteroatoms. The van der Waals surface area contributed by atoms with Gasteiger partial charge in [0.2, 0.25) is 0 Å². The van der Waals surface area contributed by atoms with Gasteiger partial charge in [-0.25, -0.2) is 0 Å². The molecule has 10 aromatic rings. The number of hydrogen-bond acceptors (Lipinski definition) is 2. The molecule has 0 aliphatic rings. The Balaban J connectivity index is 1.29. The molecular formula is C46H30N2O. The zero-order valence-electron chi connectivity index (χ0n) is 26.6. The summed E-state index contributed by atoms with van der Waals surface area (Å²) in [5.74, 6) is 0. The highest BCUT2D eigenvalue weighted by atomic mass is 16.3. The Kier molecular flexibility index (Phi) is 6.18. The number of para-hydroxylation sites is 2. The first-order chi connectivity index (χ1) is 24.3. The molecular weight excluding hydrogens is 597 g/mol. The quantitative estimate of drug-likeness (QED) is 0.190. The van der Waals surface area contributed by atoms with Gasteiger partial charge in [0.05, 0.1) is 27.8 Å². The molecule has 3 nitrogen and oxygen atoms in total. The predicted molar refractivity (Wildman–Crippen MR) is 206 cm³/mol. The summed E-state index contributed by atoms with van der Waals surface area (Å²) >= 11 is 0. The lowest BCUT2D eigenvalue weighted by Crippen LogP contribution is -2.11. The molecule has 0 radical (unpaired) electrons. The van der Waals surface area contributed by atoms with Gasteiger partial charge in [-0.1, -0.05) is 121 Å². The van der Waals surface area contributed by atoms with Gasteiger partial charge >= 0.3 is 0 Å². The molecule has 0 aliphatic heterocycles. The monoisotopic (exact) mass is 626 g/mol. The van der Waals surface area contributed by atoms with Crippen molar-refractivity contribution < 1.29 is 4.42 Å². The van der Waals surface area contributed by atoms with Crippen LogP contribution in [0.4, 0.5) is 17.1 Å². The van der Waals surface area contributed by atoms with E-state index in [0.29, 0.717) is 0 Å². The molecule has 8 aromatic carbocycles. The van der Waals surface area contributed by atoms with E-state index < -0.39 is 0 Å². The van der Waals surface area contributed by atoms with Crippen LogP contribution >= 0.6 is 0 Å². The SMILES string of the molecule is c1ccc(-c2ccc(N(c3cccc4oc5c6ccccc6ccc5c34)c3cccc4c3c3ccccc3n4-c3ccccc3)cc2)cc1. The first-order valence-corrected chi connectivity index (χ1v) is 16.7. The summed E-state index contributed by atoms with van der Waals surface area (Å²) in [6.07, 6.45) is 0. The van der Waals surface area contributed by atoms with Crippen molar-refractivity contribution in [1.29, 1.82) is 0 Å². The topological polar surface area (TPSA) is 21.3 Å². The molecule has 49 heavy (non-hydrogen) atoms. The molecule has 10 rings (SSSR count). The molecule has 0 fully saturated rings. The van der Waals surface area contributed by atoms with Crippen molar-refractivity contribution in [1.82, 2.24) is 4.57 Å². The minimum absolute atomic E-state index is 0.869. The second-order valence-electron chi connectivity index (χ2n) is 12.5. The highest BCUT2D eigenvalue weighted by molar-refractivity contribution is 6.22. The predicted octanol–water partition coefficient (Wildman–Crippen LogP) is 13.0. The minimum atomic E-state index is 0.869. The zero-order chi connectivity index (χ0) is 32.3. The minimum Gasteiger partial charge on any atom is -0.455 e. The van der Waals surface area contributed by atoms with E-state index in [2.05, 4.69) is 191 Å². The number of benzene rings is 8. The Morgan fingerprint density at radius 2 is 1.04 bits per heavy atom. The molecule has 0 spiro atoms. The average Bonchev–Trinajstić information content (AvgIpc) is 3.73. The maximum absolute atomic E-state index is 6.69. The van der Waals surface area contributed by atoms with Crippen molar-refractivity contribution in [2.24, 2.45) is 0 Å². The molecule has 0 amide bonds. The molecule has 2 heterocycles. The molecule has 0 N–H and O–H groups in total. The lowest BCUT2D eigenvalue weighted by Gasteiger charge is -2.27. The fraction of sp³-hybridized carbons (Fsp3) is 0. The molecule has 0 atom stereocenters. The summed E-state index contributed by atoms with van der Waals surface area (Å²) in [6, 6.07) is 64.9. The summed E-state index contributed by atoms with van der Waals surface area (Å²) in [4.78, 5) is 2.42. The lowest BCUT2D eigenvalue weighted by atomic mass is 10.0. The molecule has 0 bridgehead atoms. The van der Waals surface area contributed by atoms with Crippen molar-refractivity contribution >= 4 is 71.6 Å². The number of rotatable bonds is 5. The van der Waals surface area contributed by atoms with Gasteiger partial charge in [-0.05, 0) is 77.2 Å². The molecule has 230 valence electrons. The number of nitrogens with zero attached hydrogens (tertiary/aromatic N) is 2. The van der Waals surface area contributed by atoms with Crippen LogP contribution in [-0.2, 0) is 0 Å². The molecule has 2 aromatic heterocycles. The Morgan fingerprint density at radius 3 is 1.86 bits per heavy atom. The third kappa shape index (κ3) is 4.29. The Morgan fingerprint density at radius 1 is 0.408 bits per heavy atom. The van der Waals surface area contributed by atoms with Crippen LogP contribution in [0.25, 0.3) is 71.3 Å². The van der Waals surface area contributed by atoms with Crippen LogP contribution in [0.15, 0.2) is 186 Å². The van der Waals surface area contributed by atoms with E-state index in [1.54, 1.807) is 0 Å². The maximum atomic E-state index is 6.69. The van der Waals surface area contributed by atoms with E-state index in [1.807, 2.05) is 0 Å². The zero-order valence-corrected chi connectivity index (χ0v) is 26.6. The summed E-state index contributed by atoms with van der Waals surface area (Å²) in [5, 5.41) is 6.90.